The zero-order chi connectivity index (χ0) is 13.1. The fourth-order valence-electron chi connectivity index (χ4n) is 1.51. The molecule has 1 unspecified atom stereocenters. The van der Waals surface area contributed by atoms with Crippen LogP contribution in [-0.4, -0.2) is 21.1 Å². The Morgan fingerprint density at radius 1 is 1.50 bits per heavy atom. The molecule has 0 fully saturated rings. The summed E-state index contributed by atoms with van der Waals surface area (Å²) in [5, 5.41) is 9.07. The first kappa shape index (κ1) is 12.2. The van der Waals surface area contributed by atoms with E-state index in [-0.39, 0.29) is 17.5 Å². The van der Waals surface area contributed by atoms with Gasteiger partial charge in [0.25, 0.3) is 5.91 Å². The maximum absolute atomic E-state index is 13.3. The van der Waals surface area contributed by atoms with Crippen LogP contribution in [0.5, 0.6) is 0 Å². The Morgan fingerprint density at radius 3 is 2.89 bits per heavy atom. The van der Waals surface area contributed by atoms with E-state index in [1.54, 1.807) is 26.0 Å². The fourth-order valence-corrected chi connectivity index (χ4v) is 1.51. The van der Waals surface area contributed by atoms with E-state index in [4.69, 9.17) is 0 Å². The van der Waals surface area contributed by atoms with Gasteiger partial charge in [0, 0.05) is 5.56 Å². The van der Waals surface area contributed by atoms with Crippen molar-refractivity contribution < 1.29 is 9.18 Å². The lowest BCUT2D eigenvalue weighted by Crippen LogP contribution is -2.27. The molecule has 18 heavy (non-hydrogen) atoms. The summed E-state index contributed by atoms with van der Waals surface area (Å²) in [4.78, 5) is 15.8. The molecule has 0 radical (unpaired) electrons. The van der Waals surface area contributed by atoms with Gasteiger partial charge in [0.2, 0.25) is 0 Å². The summed E-state index contributed by atoms with van der Waals surface area (Å²) < 4.78 is 13.3. The molecule has 1 aromatic heterocycles. The molecule has 2 aromatic rings. The molecule has 0 bridgehead atoms. The number of hydrogen-bond donors (Lipinski definition) is 2. The summed E-state index contributed by atoms with van der Waals surface area (Å²) in [6, 6.07) is 4.06. The van der Waals surface area contributed by atoms with E-state index in [1.165, 1.54) is 12.4 Å². The van der Waals surface area contributed by atoms with Gasteiger partial charge < -0.3 is 5.32 Å². The standard InChI is InChI=1S/C12H13FN4O/c1-7-3-4-9(5-10(7)13)12(18)16-8(2)11-14-6-15-17-11/h3-6,8H,1-2H3,(H,16,18)(H,14,15,17). The maximum Gasteiger partial charge on any atom is 0.251 e. The van der Waals surface area contributed by atoms with Crippen molar-refractivity contribution in [3.8, 4) is 0 Å². The van der Waals surface area contributed by atoms with Crippen molar-refractivity contribution in [2.24, 2.45) is 0 Å². The maximum atomic E-state index is 13.3. The number of rotatable bonds is 3. The number of H-pyrrole nitrogens is 1. The van der Waals surface area contributed by atoms with E-state index in [0.29, 0.717) is 11.4 Å². The van der Waals surface area contributed by atoms with Crippen molar-refractivity contribution in [1.82, 2.24) is 20.5 Å². The highest BCUT2D eigenvalue weighted by Gasteiger charge is 2.14. The quantitative estimate of drug-likeness (QED) is 0.869. The van der Waals surface area contributed by atoms with Gasteiger partial charge in [-0.3, -0.25) is 9.89 Å². The Morgan fingerprint density at radius 2 is 2.28 bits per heavy atom. The highest BCUT2D eigenvalue weighted by Crippen LogP contribution is 2.11. The van der Waals surface area contributed by atoms with Crippen molar-refractivity contribution in [1.29, 1.82) is 0 Å². The molecule has 2 rings (SSSR count). The molecule has 0 aliphatic heterocycles. The molecule has 1 aromatic carbocycles. The highest BCUT2D eigenvalue weighted by atomic mass is 19.1. The lowest BCUT2D eigenvalue weighted by atomic mass is 10.1. The smallest absolute Gasteiger partial charge is 0.251 e. The van der Waals surface area contributed by atoms with Gasteiger partial charge in [-0.15, -0.1) is 0 Å². The first-order chi connectivity index (χ1) is 8.58. The Bertz CT molecular complexity index is 553. The molecule has 94 valence electrons. The fraction of sp³-hybridized carbons (Fsp3) is 0.250. The molecule has 2 N–H and O–H groups in total. The Kier molecular flexibility index (Phi) is 3.36. The summed E-state index contributed by atoms with van der Waals surface area (Å²) >= 11 is 0. The van der Waals surface area contributed by atoms with Crippen LogP contribution in [0.1, 0.15) is 34.7 Å². The molecule has 0 aliphatic rings. The van der Waals surface area contributed by atoms with Crippen LogP contribution < -0.4 is 5.32 Å². The number of nitrogens with one attached hydrogen (secondary N) is 2. The van der Waals surface area contributed by atoms with Gasteiger partial charge in [0.15, 0.2) is 0 Å². The summed E-state index contributed by atoms with van der Waals surface area (Å²) in [6.45, 7) is 3.41. The molecular formula is C12H13FN4O. The monoisotopic (exact) mass is 248 g/mol. The number of carbonyl (C=O) groups is 1. The van der Waals surface area contributed by atoms with Crippen LogP contribution in [0.4, 0.5) is 4.39 Å². The van der Waals surface area contributed by atoms with Crippen molar-refractivity contribution in [2.75, 3.05) is 0 Å². The summed E-state index contributed by atoms with van der Waals surface area (Å²) in [5.74, 6) is -0.191. The Balaban J connectivity index is 2.10. The second kappa shape index (κ2) is 4.95. The van der Waals surface area contributed by atoms with Crippen LogP contribution >= 0.6 is 0 Å². The molecular weight excluding hydrogens is 235 g/mol. The second-order valence-electron chi connectivity index (χ2n) is 4.03. The second-order valence-corrected chi connectivity index (χ2v) is 4.03. The van der Waals surface area contributed by atoms with Gasteiger partial charge in [-0.25, -0.2) is 9.37 Å². The molecule has 1 amide bonds. The van der Waals surface area contributed by atoms with Gasteiger partial charge in [-0.2, -0.15) is 5.10 Å². The van der Waals surface area contributed by atoms with E-state index in [1.807, 2.05) is 0 Å². The highest BCUT2D eigenvalue weighted by molar-refractivity contribution is 5.94. The molecule has 0 aliphatic carbocycles. The third-order valence-electron chi connectivity index (χ3n) is 2.63. The Hall–Kier alpha value is -2.24. The van der Waals surface area contributed by atoms with Gasteiger partial charge in [-0.05, 0) is 31.5 Å². The summed E-state index contributed by atoms with van der Waals surface area (Å²) in [5.41, 5.74) is 0.791. The van der Waals surface area contributed by atoms with Crippen LogP contribution in [0.2, 0.25) is 0 Å². The van der Waals surface area contributed by atoms with Crippen LogP contribution in [0.3, 0.4) is 0 Å². The van der Waals surface area contributed by atoms with Gasteiger partial charge in [-0.1, -0.05) is 6.07 Å². The lowest BCUT2D eigenvalue weighted by molar-refractivity contribution is 0.0938. The number of benzene rings is 1. The zero-order valence-electron chi connectivity index (χ0n) is 10.1. The average Bonchev–Trinajstić information content (AvgIpc) is 2.86. The zero-order valence-corrected chi connectivity index (χ0v) is 10.1. The Labute approximate surface area is 103 Å². The lowest BCUT2D eigenvalue weighted by Gasteiger charge is -2.11. The van der Waals surface area contributed by atoms with Gasteiger partial charge in [0.1, 0.15) is 18.0 Å². The number of aromatic amines is 1. The van der Waals surface area contributed by atoms with E-state index >= 15 is 0 Å². The van der Waals surface area contributed by atoms with Crippen LogP contribution in [0.25, 0.3) is 0 Å². The van der Waals surface area contributed by atoms with Crippen LogP contribution in [0, 0.1) is 12.7 Å². The van der Waals surface area contributed by atoms with Crippen molar-refractivity contribution in [3.63, 3.8) is 0 Å². The SMILES string of the molecule is Cc1ccc(C(=O)NC(C)c2ncn[nH]2)cc1F. The average molecular weight is 248 g/mol. The van der Waals surface area contributed by atoms with Crippen LogP contribution in [0.15, 0.2) is 24.5 Å². The minimum Gasteiger partial charge on any atom is -0.342 e. The molecule has 1 heterocycles. The molecule has 6 heteroatoms. The summed E-state index contributed by atoms with van der Waals surface area (Å²) in [7, 11) is 0. The first-order valence-electron chi connectivity index (χ1n) is 5.50. The van der Waals surface area contributed by atoms with Crippen molar-refractivity contribution in [3.05, 3.63) is 47.3 Å². The molecule has 0 spiro atoms. The number of aryl methyl sites for hydroxylation is 1. The summed E-state index contributed by atoms with van der Waals surface area (Å²) in [6.07, 6.45) is 1.36. The number of amides is 1. The van der Waals surface area contributed by atoms with Crippen molar-refractivity contribution >= 4 is 5.91 Å². The van der Waals surface area contributed by atoms with E-state index in [2.05, 4.69) is 20.5 Å². The minimum atomic E-state index is -0.394. The number of carbonyl (C=O) groups excluding carboxylic acids is 1. The largest absolute Gasteiger partial charge is 0.342 e. The number of halogens is 1. The first-order valence-corrected chi connectivity index (χ1v) is 5.50. The third-order valence-corrected chi connectivity index (χ3v) is 2.63. The third kappa shape index (κ3) is 2.53. The van der Waals surface area contributed by atoms with E-state index in [0.717, 1.165) is 0 Å². The predicted molar refractivity (Wildman–Crippen MR) is 63.4 cm³/mol. The van der Waals surface area contributed by atoms with Crippen molar-refractivity contribution in [2.45, 2.75) is 19.9 Å². The molecule has 5 nitrogen and oxygen atoms in total. The van der Waals surface area contributed by atoms with Crippen LogP contribution in [-0.2, 0) is 0 Å². The van der Waals surface area contributed by atoms with E-state index < -0.39 is 5.82 Å². The minimum absolute atomic E-state index is 0.282. The molecule has 0 saturated carbocycles. The molecule has 0 saturated heterocycles. The van der Waals surface area contributed by atoms with Gasteiger partial charge in [0.05, 0.1) is 6.04 Å². The normalized spacial score (nSPS) is 12.2. The predicted octanol–water partition coefficient (Wildman–Crippen LogP) is 1.74. The van der Waals surface area contributed by atoms with Gasteiger partial charge >= 0.3 is 0 Å². The topological polar surface area (TPSA) is 70.7 Å². The molecule has 1 atom stereocenters. The number of nitrogens with zero attached hydrogens (tertiary/aromatic N) is 2. The van der Waals surface area contributed by atoms with E-state index in [9.17, 15) is 9.18 Å². The number of hydrogen-bond acceptors (Lipinski definition) is 3. The number of aromatic nitrogens is 3.